The van der Waals surface area contributed by atoms with Gasteiger partial charge in [0, 0.05) is 19.1 Å². The fourth-order valence-electron chi connectivity index (χ4n) is 4.02. The molecular weight excluding hydrogens is 376 g/mol. The third-order valence-corrected chi connectivity index (χ3v) is 6.96. The molecule has 7 heteroatoms. The van der Waals surface area contributed by atoms with Crippen molar-refractivity contribution in [2.24, 2.45) is 5.92 Å². The third kappa shape index (κ3) is 3.29. The number of rotatable bonds is 3. The average Bonchev–Trinajstić information content (AvgIpc) is 2.65. The van der Waals surface area contributed by atoms with E-state index in [1.807, 2.05) is 19.9 Å². The molecule has 2 aliphatic rings. The molecule has 0 saturated carbocycles. The lowest BCUT2D eigenvalue weighted by atomic mass is 10.0. The SMILES string of the molecule is Cc1cc(C)cc(N2C(=O)N(CC3CCCOC3)c3ccccc3S2(=O)=O)c1. The zero-order valence-electron chi connectivity index (χ0n) is 16.1. The zero-order valence-corrected chi connectivity index (χ0v) is 16.9. The highest BCUT2D eigenvalue weighted by Crippen LogP contribution is 2.38. The van der Waals surface area contributed by atoms with Gasteiger partial charge in [-0.3, -0.25) is 4.90 Å². The molecule has 0 bridgehead atoms. The van der Waals surface area contributed by atoms with Crippen LogP contribution < -0.4 is 9.21 Å². The van der Waals surface area contributed by atoms with Crippen LogP contribution in [0.5, 0.6) is 0 Å². The largest absolute Gasteiger partial charge is 0.381 e. The molecule has 2 aliphatic heterocycles. The fourth-order valence-corrected chi connectivity index (χ4v) is 5.59. The minimum absolute atomic E-state index is 0.158. The van der Waals surface area contributed by atoms with Crippen LogP contribution in [-0.2, 0) is 14.8 Å². The zero-order chi connectivity index (χ0) is 19.9. The van der Waals surface area contributed by atoms with E-state index in [1.165, 1.54) is 0 Å². The molecule has 2 aromatic carbocycles. The summed E-state index contributed by atoms with van der Waals surface area (Å²) >= 11 is 0. The molecule has 0 aromatic heterocycles. The maximum atomic E-state index is 13.4. The van der Waals surface area contributed by atoms with Crippen molar-refractivity contribution in [2.75, 3.05) is 29.0 Å². The normalized spacial score (nSPS) is 21.5. The Bertz CT molecular complexity index is 993. The minimum Gasteiger partial charge on any atom is -0.381 e. The number of fused-ring (bicyclic) bond motifs is 1. The molecule has 0 aliphatic carbocycles. The Morgan fingerprint density at radius 3 is 2.50 bits per heavy atom. The maximum absolute atomic E-state index is 13.4. The van der Waals surface area contributed by atoms with Crippen LogP contribution in [0.25, 0.3) is 0 Å². The van der Waals surface area contributed by atoms with Gasteiger partial charge in [-0.05, 0) is 62.1 Å². The second-order valence-corrected chi connectivity index (χ2v) is 9.31. The number of para-hydroxylation sites is 1. The summed E-state index contributed by atoms with van der Waals surface area (Å²) in [5, 5.41) is 0. The van der Waals surface area contributed by atoms with E-state index in [2.05, 4.69) is 0 Å². The Balaban J connectivity index is 1.82. The number of hydrogen-bond acceptors (Lipinski definition) is 4. The van der Waals surface area contributed by atoms with Gasteiger partial charge in [-0.15, -0.1) is 0 Å². The minimum atomic E-state index is -3.98. The number of carbonyl (C=O) groups is 1. The number of benzene rings is 2. The van der Waals surface area contributed by atoms with Crippen LogP contribution in [0.1, 0.15) is 24.0 Å². The Morgan fingerprint density at radius 2 is 1.82 bits per heavy atom. The summed E-state index contributed by atoms with van der Waals surface area (Å²) in [4.78, 5) is 15.2. The summed E-state index contributed by atoms with van der Waals surface area (Å²) in [6.07, 6.45) is 1.91. The molecule has 0 spiro atoms. The first kappa shape index (κ1) is 19.0. The van der Waals surface area contributed by atoms with Gasteiger partial charge in [-0.2, -0.15) is 4.31 Å². The molecule has 1 atom stereocenters. The van der Waals surface area contributed by atoms with Gasteiger partial charge < -0.3 is 4.74 Å². The lowest BCUT2D eigenvalue weighted by Crippen LogP contribution is -2.53. The van der Waals surface area contributed by atoms with Crippen molar-refractivity contribution in [3.05, 3.63) is 53.6 Å². The van der Waals surface area contributed by atoms with E-state index in [-0.39, 0.29) is 10.8 Å². The number of amides is 2. The quantitative estimate of drug-likeness (QED) is 0.785. The Labute approximate surface area is 165 Å². The van der Waals surface area contributed by atoms with Crippen molar-refractivity contribution in [1.82, 2.24) is 0 Å². The highest BCUT2D eigenvalue weighted by atomic mass is 32.2. The van der Waals surface area contributed by atoms with Crippen LogP contribution in [0.15, 0.2) is 47.4 Å². The first-order chi connectivity index (χ1) is 13.4. The van der Waals surface area contributed by atoms with Crippen molar-refractivity contribution >= 4 is 27.4 Å². The second kappa shape index (κ2) is 7.22. The summed E-state index contributed by atoms with van der Waals surface area (Å²) < 4.78 is 33.2. The lowest BCUT2D eigenvalue weighted by molar-refractivity contribution is 0.0578. The molecule has 2 amide bonds. The number of ether oxygens (including phenoxy) is 1. The van der Waals surface area contributed by atoms with Gasteiger partial charge in [0.05, 0.1) is 18.0 Å². The molecule has 0 radical (unpaired) electrons. The summed E-state index contributed by atoms with van der Waals surface area (Å²) in [6, 6.07) is 11.6. The fraction of sp³-hybridized carbons (Fsp3) is 0.381. The molecule has 148 valence electrons. The van der Waals surface area contributed by atoms with Crippen LogP contribution in [-0.4, -0.2) is 34.2 Å². The van der Waals surface area contributed by atoms with E-state index in [1.54, 1.807) is 41.3 Å². The van der Waals surface area contributed by atoms with Crippen LogP contribution >= 0.6 is 0 Å². The van der Waals surface area contributed by atoms with Crippen molar-refractivity contribution < 1.29 is 17.9 Å². The first-order valence-electron chi connectivity index (χ1n) is 9.50. The topological polar surface area (TPSA) is 66.9 Å². The van der Waals surface area contributed by atoms with E-state index in [4.69, 9.17) is 4.74 Å². The number of nitrogens with zero attached hydrogens (tertiary/aromatic N) is 2. The number of carbonyl (C=O) groups excluding carboxylic acids is 1. The summed E-state index contributed by atoms with van der Waals surface area (Å²) in [6.45, 7) is 5.55. The first-order valence-corrected chi connectivity index (χ1v) is 10.9. The Morgan fingerprint density at radius 1 is 1.11 bits per heavy atom. The number of aryl methyl sites for hydroxylation is 2. The average molecular weight is 401 g/mol. The number of hydrogen-bond donors (Lipinski definition) is 0. The van der Waals surface area contributed by atoms with Gasteiger partial charge in [0.25, 0.3) is 10.0 Å². The smallest absolute Gasteiger partial charge is 0.343 e. The summed E-state index contributed by atoms with van der Waals surface area (Å²) in [5.41, 5.74) is 2.63. The molecule has 2 aromatic rings. The highest BCUT2D eigenvalue weighted by molar-refractivity contribution is 7.94. The second-order valence-electron chi connectivity index (χ2n) is 7.56. The number of anilines is 2. The van der Waals surface area contributed by atoms with Crippen LogP contribution in [0.3, 0.4) is 0 Å². The van der Waals surface area contributed by atoms with Gasteiger partial charge in [0.1, 0.15) is 4.90 Å². The molecule has 0 N–H and O–H groups in total. The van der Waals surface area contributed by atoms with Gasteiger partial charge in [0.15, 0.2) is 0 Å². The molecule has 1 fully saturated rings. The van der Waals surface area contributed by atoms with Gasteiger partial charge in [-0.25, -0.2) is 13.2 Å². The van der Waals surface area contributed by atoms with Gasteiger partial charge in [-0.1, -0.05) is 18.2 Å². The van der Waals surface area contributed by atoms with Crippen LogP contribution in [0.4, 0.5) is 16.2 Å². The van der Waals surface area contributed by atoms with Crippen molar-refractivity contribution in [1.29, 1.82) is 0 Å². The van der Waals surface area contributed by atoms with Crippen LogP contribution in [0, 0.1) is 19.8 Å². The van der Waals surface area contributed by atoms with E-state index in [0.717, 1.165) is 34.9 Å². The third-order valence-electron chi connectivity index (χ3n) is 5.22. The molecule has 4 rings (SSSR count). The predicted octanol–water partition coefficient (Wildman–Crippen LogP) is 3.87. The maximum Gasteiger partial charge on any atom is 0.343 e. The summed E-state index contributed by atoms with van der Waals surface area (Å²) in [7, 11) is -3.98. The van der Waals surface area contributed by atoms with Crippen molar-refractivity contribution in [2.45, 2.75) is 31.6 Å². The molecule has 2 heterocycles. The Hall–Kier alpha value is -2.38. The van der Waals surface area contributed by atoms with E-state index in [0.29, 0.717) is 24.5 Å². The van der Waals surface area contributed by atoms with Crippen molar-refractivity contribution in [3.63, 3.8) is 0 Å². The Kier molecular flexibility index (Phi) is 4.89. The monoisotopic (exact) mass is 400 g/mol. The van der Waals surface area contributed by atoms with Gasteiger partial charge >= 0.3 is 6.03 Å². The number of urea groups is 1. The van der Waals surface area contributed by atoms with Crippen molar-refractivity contribution in [3.8, 4) is 0 Å². The molecular formula is C21H24N2O4S. The summed E-state index contributed by atoms with van der Waals surface area (Å²) in [5.74, 6) is 0.188. The molecule has 1 unspecified atom stereocenters. The standard InChI is InChI=1S/C21H24N2O4S/c1-15-10-16(2)12-18(11-15)23-21(24)22(13-17-6-5-9-27-14-17)19-7-3-4-8-20(19)28(23,25)26/h3-4,7-8,10-12,17H,5-6,9,13-14H2,1-2H3. The van der Waals surface area contributed by atoms with E-state index < -0.39 is 16.1 Å². The van der Waals surface area contributed by atoms with E-state index in [9.17, 15) is 13.2 Å². The van der Waals surface area contributed by atoms with E-state index >= 15 is 0 Å². The van der Waals surface area contributed by atoms with Crippen LogP contribution in [0.2, 0.25) is 0 Å². The molecule has 6 nitrogen and oxygen atoms in total. The molecule has 1 saturated heterocycles. The van der Waals surface area contributed by atoms with Gasteiger partial charge in [0.2, 0.25) is 0 Å². The lowest BCUT2D eigenvalue weighted by Gasteiger charge is -2.38. The number of sulfonamides is 1. The molecule has 28 heavy (non-hydrogen) atoms. The highest BCUT2D eigenvalue weighted by Gasteiger charge is 2.43. The predicted molar refractivity (Wildman–Crippen MR) is 108 cm³/mol.